The van der Waals surface area contributed by atoms with Crippen molar-refractivity contribution in [2.45, 2.75) is 26.1 Å². The highest BCUT2D eigenvalue weighted by Crippen LogP contribution is 2.26. The molecule has 238 valence electrons. The lowest BCUT2D eigenvalue weighted by molar-refractivity contribution is 0.0599. The SMILES string of the molecule is COC(=O)c1ccc(CNC(=O)c2cc(C(=O)O)n3nncc3n2)cc1.Cl.NCc1ccc2c(c1)CN(c1c(N)c(=O)c1=O)CC2. The molecule has 0 bridgehead atoms. The summed E-state index contributed by atoms with van der Waals surface area (Å²) in [5, 5.41) is 19.1. The van der Waals surface area contributed by atoms with Gasteiger partial charge in [-0.3, -0.25) is 14.4 Å². The van der Waals surface area contributed by atoms with E-state index in [1.807, 2.05) is 11.0 Å². The van der Waals surface area contributed by atoms with E-state index < -0.39 is 28.7 Å². The van der Waals surface area contributed by atoms with Crippen LogP contribution in [0.2, 0.25) is 0 Å². The van der Waals surface area contributed by atoms with Crippen molar-refractivity contribution < 1.29 is 24.2 Å². The number of carboxylic acids is 1. The third-order valence-corrected chi connectivity index (χ3v) is 7.30. The fourth-order valence-corrected chi connectivity index (χ4v) is 4.88. The Labute approximate surface area is 266 Å². The first-order valence-electron chi connectivity index (χ1n) is 13.7. The number of nitrogens with one attached hydrogen (secondary N) is 1. The van der Waals surface area contributed by atoms with E-state index in [1.54, 1.807) is 24.3 Å². The first-order valence-corrected chi connectivity index (χ1v) is 13.7. The van der Waals surface area contributed by atoms with Gasteiger partial charge in [0.05, 0.1) is 18.9 Å². The number of halogens is 1. The van der Waals surface area contributed by atoms with Crippen molar-refractivity contribution in [3.8, 4) is 0 Å². The van der Waals surface area contributed by atoms with Crippen LogP contribution in [0.1, 0.15) is 53.6 Å². The molecule has 16 heteroatoms. The summed E-state index contributed by atoms with van der Waals surface area (Å²) >= 11 is 0. The number of carboxylic acid groups (broad SMARTS) is 1. The van der Waals surface area contributed by atoms with Crippen molar-refractivity contribution in [2.75, 3.05) is 24.3 Å². The van der Waals surface area contributed by atoms with Gasteiger partial charge < -0.3 is 31.5 Å². The minimum atomic E-state index is -1.25. The van der Waals surface area contributed by atoms with Crippen LogP contribution in [0.5, 0.6) is 0 Å². The standard InChI is InChI=1S/C16H13N5O5.C14H15N3O2.ClH/c1-26-16(25)10-4-2-9(3-5-10)7-17-14(22)11-6-12(15(23)24)21-13(19-11)8-18-20-21;15-6-8-1-2-9-3-4-17(7-10(9)5-8)12-11(16)13(18)14(12)19;/h2-6,8H,7H2,1H3,(H,17,22)(H,23,24);1-2,5H,3-4,6-7,15-16H2;1H. The van der Waals surface area contributed by atoms with Gasteiger partial charge in [0.2, 0.25) is 0 Å². The molecule has 0 spiro atoms. The summed E-state index contributed by atoms with van der Waals surface area (Å²) in [5.41, 5.74) is 15.2. The Morgan fingerprint density at radius 3 is 2.39 bits per heavy atom. The number of hydrogen-bond acceptors (Lipinski definition) is 12. The lowest BCUT2D eigenvalue weighted by Crippen LogP contribution is -2.44. The van der Waals surface area contributed by atoms with E-state index in [4.69, 9.17) is 11.5 Å². The number of nitrogens with zero attached hydrogens (tertiary/aromatic N) is 5. The summed E-state index contributed by atoms with van der Waals surface area (Å²) in [6.45, 7) is 1.99. The number of anilines is 2. The number of nitrogen functional groups attached to an aromatic ring is 1. The Morgan fingerprint density at radius 1 is 1.02 bits per heavy atom. The summed E-state index contributed by atoms with van der Waals surface area (Å²) in [6.07, 6.45) is 2.10. The first kappa shape index (κ1) is 33.2. The van der Waals surface area contributed by atoms with Gasteiger partial charge in [-0.05, 0) is 40.8 Å². The monoisotopic (exact) mass is 648 g/mol. The second kappa shape index (κ2) is 14.0. The van der Waals surface area contributed by atoms with Crippen LogP contribution in [0, 0.1) is 0 Å². The number of carbonyl (C=O) groups excluding carboxylic acids is 2. The number of aromatic nitrogens is 4. The van der Waals surface area contributed by atoms with Crippen molar-refractivity contribution in [3.63, 3.8) is 0 Å². The molecule has 0 saturated heterocycles. The molecule has 0 fully saturated rings. The summed E-state index contributed by atoms with van der Waals surface area (Å²) < 4.78 is 5.65. The highest BCUT2D eigenvalue weighted by molar-refractivity contribution is 5.96. The van der Waals surface area contributed by atoms with Gasteiger partial charge in [0.15, 0.2) is 11.3 Å². The number of amides is 1. The van der Waals surface area contributed by atoms with Crippen molar-refractivity contribution in [3.05, 3.63) is 114 Å². The molecule has 0 aliphatic carbocycles. The number of ether oxygens (including phenoxy) is 1. The van der Waals surface area contributed by atoms with Gasteiger partial charge in [-0.1, -0.05) is 35.5 Å². The quantitative estimate of drug-likeness (QED) is 0.142. The highest BCUT2D eigenvalue weighted by atomic mass is 35.5. The summed E-state index contributed by atoms with van der Waals surface area (Å²) in [4.78, 5) is 63.6. The minimum Gasteiger partial charge on any atom is -0.477 e. The predicted molar refractivity (Wildman–Crippen MR) is 169 cm³/mol. The Morgan fingerprint density at radius 2 is 1.74 bits per heavy atom. The number of carbonyl (C=O) groups is 3. The fourth-order valence-electron chi connectivity index (χ4n) is 4.88. The minimum absolute atomic E-state index is 0. The van der Waals surface area contributed by atoms with E-state index in [-0.39, 0.29) is 41.7 Å². The molecule has 3 aromatic carbocycles. The van der Waals surface area contributed by atoms with Gasteiger partial charge in [-0.15, -0.1) is 17.5 Å². The molecule has 15 nitrogen and oxygen atoms in total. The lowest BCUT2D eigenvalue weighted by Gasteiger charge is -2.31. The molecule has 2 aromatic heterocycles. The number of rotatable bonds is 7. The fraction of sp³-hybridized carbons (Fsp3) is 0.200. The topological polar surface area (TPSA) is 225 Å². The van der Waals surface area contributed by atoms with E-state index in [9.17, 15) is 29.1 Å². The molecular formula is C30H29ClN8O7. The van der Waals surface area contributed by atoms with Crippen molar-refractivity contribution >= 4 is 47.3 Å². The smallest absolute Gasteiger partial charge is 0.354 e. The van der Waals surface area contributed by atoms with Gasteiger partial charge >= 0.3 is 11.9 Å². The Bertz CT molecular complexity index is 2000. The maximum Gasteiger partial charge on any atom is 0.354 e. The number of methoxy groups -OCH3 is 1. The lowest BCUT2D eigenvalue weighted by atomic mass is 9.96. The van der Waals surface area contributed by atoms with Gasteiger partial charge in [-0.2, -0.15) is 4.52 Å². The third-order valence-electron chi connectivity index (χ3n) is 7.30. The van der Waals surface area contributed by atoms with Gasteiger partial charge in [0, 0.05) is 32.2 Å². The van der Waals surface area contributed by atoms with Gasteiger partial charge in [-0.25, -0.2) is 14.6 Å². The molecule has 1 aliphatic heterocycles. The number of fused-ring (bicyclic) bond motifs is 2. The van der Waals surface area contributed by atoms with Crippen LogP contribution in [-0.4, -0.2) is 56.4 Å². The summed E-state index contributed by atoms with van der Waals surface area (Å²) in [5.74, 6) is -2.25. The van der Waals surface area contributed by atoms with Crippen LogP contribution in [0.15, 0.2) is 64.3 Å². The van der Waals surface area contributed by atoms with Crippen LogP contribution in [0.4, 0.5) is 11.4 Å². The summed E-state index contributed by atoms with van der Waals surface area (Å²) in [7, 11) is 1.29. The molecule has 3 heterocycles. The summed E-state index contributed by atoms with van der Waals surface area (Å²) in [6, 6.07) is 13.8. The van der Waals surface area contributed by atoms with E-state index in [0.29, 0.717) is 30.9 Å². The van der Waals surface area contributed by atoms with Crippen LogP contribution in [0.25, 0.3) is 5.65 Å². The molecule has 1 amide bonds. The average Bonchev–Trinajstić information content (AvgIpc) is 3.55. The Balaban J connectivity index is 0.000000213. The third kappa shape index (κ3) is 6.69. The van der Waals surface area contributed by atoms with E-state index in [0.717, 1.165) is 33.7 Å². The van der Waals surface area contributed by atoms with Gasteiger partial charge in [0.1, 0.15) is 17.1 Å². The highest BCUT2D eigenvalue weighted by Gasteiger charge is 2.26. The molecule has 6 N–H and O–H groups in total. The second-order valence-electron chi connectivity index (χ2n) is 10.1. The molecule has 46 heavy (non-hydrogen) atoms. The Kier molecular flexibility index (Phi) is 10.1. The average molecular weight is 649 g/mol. The van der Waals surface area contributed by atoms with Crippen LogP contribution >= 0.6 is 12.4 Å². The maximum absolute atomic E-state index is 12.3. The first-order chi connectivity index (χ1) is 21.6. The van der Waals surface area contributed by atoms with E-state index in [2.05, 4.69) is 37.5 Å². The number of benzene rings is 2. The molecule has 6 rings (SSSR count). The number of esters is 1. The molecular weight excluding hydrogens is 620 g/mol. The predicted octanol–water partition coefficient (Wildman–Crippen LogP) is 0.847. The zero-order valence-corrected chi connectivity index (χ0v) is 25.2. The Hall–Kier alpha value is -5.67. The van der Waals surface area contributed by atoms with E-state index in [1.165, 1.54) is 18.9 Å². The van der Waals surface area contributed by atoms with Crippen molar-refractivity contribution in [2.24, 2.45) is 5.73 Å². The number of nitrogens with two attached hydrogens (primary N) is 2. The zero-order chi connectivity index (χ0) is 32.2. The van der Waals surface area contributed by atoms with Crippen LogP contribution in [0.3, 0.4) is 0 Å². The molecule has 0 atom stereocenters. The second-order valence-corrected chi connectivity index (χ2v) is 10.1. The van der Waals surface area contributed by atoms with Crippen molar-refractivity contribution in [1.29, 1.82) is 0 Å². The largest absolute Gasteiger partial charge is 0.477 e. The van der Waals surface area contributed by atoms with Gasteiger partial charge in [0.25, 0.3) is 16.8 Å². The van der Waals surface area contributed by atoms with Crippen molar-refractivity contribution in [1.82, 2.24) is 25.1 Å². The van der Waals surface area contributed by atoms with Crippen LogP contribution < -0.4 is 32.5 Å². The zero-order valence-electron chi connectivity index (χ0n) is 24.4. The molecule has 0 unspecified atom stereocenters. The molecule has 5 aromatic rings. The molecule has 0 radical (unpaired) electrons. The molecule has 0 saturated carbocycles. The number of hydrogen-bond donors (Lipinski definition) is 4. The normalized spacial score (nSPS) is 12.0. The van der Waals surface area contributed by atoms with Crippen LogP contribution in [-0.2, 0) is 30.8 Å². The number of aromatic carboxylic acids is 1. The van der Waals surface area contributed by atoms with E-state index >= 15 is 0 Å². The maximum atomic E-state index is 12.3. The molecule has 1 aliphatic rings.